The second-order valence-electron chi connectivity index (χ2n) is 3.44. The fourth-order valence-corrected chi connectivity index (χ4v) is 2.24. The van der Waals surface area contributed by atoms with Gasteiger partial charge in [0, 0.05) is 4.83 Å². The summed E-state index contributed by atoms with van der Waals surface area (Å²) in [5.41, 5.74) is -0.557. The molecule has 1 aliphatic rings. The maximum Gasteiger partial charge on any atom is 0.392 e. The monoisotopic (exact) mass is 230 g/mol. The Balaban J connectivity index is 2.63. The van der Waals surface area contributed by atoms with E-state index in [0.717, 1.165) is 0 Å². The number of hydrogen-bond acceptors (Lipinski definition) is 0. The molecule has 0 aliphatic heterocycles. The first-order chi connectivity index (χ1) is 4.78. The van der Waals surface area contributed by atoms with Crippen molar-refractivity contribution < 1.29 is 13.2 Å². The van der Waals surface area contributed by atoms with Crippen LogP contribution in [0.5, 0.6) is 0 Å². The molecule has 1 saturated carbocycles. The van der Waals surface area contributed by atoms with E-state index in [-0.39, 0.29) is 4.83 Å². The summed E-state index contributed by atoms with van der Waals surface area (Å²) in [5.74, 6) is -1.20. The zero-order valence-corrected chi connectivity index (χ0v) is 7.96. The van der Waals surface area contributed by atoms with Gasteiger partial charge in [0.15, 0.2) is 0 Å². The minimum absolute atomic E-state index is 0.0478. The maximum atomic E-state index is 12.1. The van der Waals surface area contributed by atoms with Crippen LogP contribution < -0.4 is 0 Å². The van der Waals surface area contributed by atoms with Gasteiger partial charge < -0.3 is 0 Å². The standard InChI is InChI=1S/C7H10BrF3/c1-4(7(9,10)11)6(2)3-5(6)8/h4-5H,3H2,1-2H3. The van der Waals surface area contributed by atoms with Crippen LogP contribution in [0.3, 0.4) is 0 Å². The van der Waals surface area contributed by atoms with Crippen molar-refractivity contribution in [2.75, 3.05) is 0 Å². The third kappa shape index (κ3) is 1.55. The molecule has 1 aliphatic carbocycles. The molecule has 0 saturated heterocycles. The summed E-state index contributed by atoms with van der Waals surface area (Å²) in [5, 5.41) is 0. The molecule has 0 radical (unpaired) electrons. The molecule has 0 spiro atoms. The Morgan fingerprint density at radius 3 is 2.00 bits per heavy atom. The lowest BCUT2D eigenvalue weighted by atomic mass is 9.92. The highest BCUT2D eigenvalue weighted by molar-refractivity contribution is 9.09. The number of halogens is 4. The van der Waals surface area contributed by atoms with Crippen LogP contribution in [0, 0.1) is 11.3 Å². The van der Waals surface area contributed by atoms with Crippen molar-refractivity contribution in [1.29, 1.82) is 0 Å². The minimum Gasteiger partial charge on any atom is -0.171 e. The molecular formula is C7H10BrF3. The number of alkyl halides is 4. The Hall–Kier alpha value is 0.270. The normalized spacial score (nSPS) is 40.4. The third-order valence-corrected chi connectivity index (χ3v) is 4.02. The molecule has 1 fully saturated rings. The molecule has 0 aromatic rings. The average molecular weight is 231 g/mol. The lowest BCUT2D eigenvalue weighted by Gasteiger charge is -2.22. The van der Waals surface area contributed by atoms with E-state index in [0.29, 0.717) is 6.42 Å². The summed E-state index contributed by atoms with van der Waals surface area (Å²) in [6, 6.07) is 0. The Morgan fingerprint density at radius 1 is 1.55 bits per heavy atom. The van der Waals surface area contributed by atoms with Crippen LogP contribution in [0.1, 0.15) is 20.3 Å². The van der Waals surface area contributed by atoms with Crippen LogP contribution in [0.2, 0.25) is 0 Å². The SMILES string of the molecule is CC(C(F)(F)F)C1(C)CC1Br. The van der Waals surface area contributed by atoms with Crippen molar-refractivity contribution in [1.82, 2.24) is 0 Å². The van der Waals surface area contributed by atoms with Gasteiger partial charge in [0.05, 0.1) is 5.92 Å². The van der Waals surface area contributed by atoms with Crippen molar-refractivity contribution in [3.05, 3.63) is 0 Å². The number of hydrogen-bond donors (Lipinski definition) is 0. The first-order valence-corrected chi connectivity index (χ1v) is 4.41. The molecule has 66 valence electrons. The Morgan fingerprint density at radius 2 is 1.91 bits per heavy atom. The summed E-state index contributed by atoms with van der Waals surface area (Å²) >= 11 is 3.20. The van der Waals surface area contributed by atoms with Crippen molar-refractivity contribution in [2.45, 2.75) is 31.3 Å². The van der Waals surface area contributed by atoms with Gasteiger partial charge in [-0.2, -0.15) is 13.2 Å². The van der Waals surface area contributed by atoms with E-state index in [1.165, 1.54) is 6.92 Å². The molecule has 0 N–H and O–H groups in total. The van der Waals surface area contributed by atoms with Gasteiger partial charge in [-0.05, 0) is 11.8 Å². The maximum absolute atomic E-state index is 12.1. The molecule has 1 rings (SSSR count). The summed E-state index contributed by atoms with van der Waals surface area (Å²) in [6.07, 6.45) is -3.41. The molecule has 0 aromatic carbocycles. The van der Waals surface area contributed by atoms with Gasteiger partial charge in [-0.3, -0.25) is 0 Å². The zero-order chi connectivity index (χ0) is 8.86. The molecule has 0 aromatic heterocycles. The van der Waals surface area contributed by atoms with E-state index in [1.807, 2.05) is 0 Å². The van der Waals surface area contributed by atoms with E-state index in [9.17, 15) is 13.2 Å². The lowest BCUT2D eigenvalue weighted by Crippen LogP contribution is -2.28. The highest BCUT2D eigenvalue weighted by Crippen LogP contribution is 2.60. The van der Waals surface area contributed by atoms with Crippen LogP contribution in [-0.2, 0) is 0 Å². The van der Waals surface area contributed by atoms with Crippen LogP contribution >= 0.6 is 15.9 Å². The molecule has 0 nitrogen and oxygen atoms in total. The predicted octanol–water partition coefficient (Wildman–Crippen LogP) is 3.36. The van der Waals surface area contributed by atoms with Gasteiger partial charge >= 0.3 is 6.18 Å². The van der Waals surface area contributed by atoms with Gasteiger partial charge in [-0.25, -0.2) is 0 Å². The zero-order valence-electron chi connectivity index (χ0n) is 6.37. The van der Waals surface area contributed by atoms with E-state index >= 15 is 0 Å². The first kappa shape index (κ1) is 9.36. The second kappa shape index (κ2) is 2.38. The van der Waals surface area contributed by atoms with Crippen LogP contribution in [0.25, 0.3) is 0 Å². The van der Waals surface area contributed by atoms with Crippen molar-refractivity contribution >= 4 is 15.9 Å². The second-order valence-corrected chi connectivity index (χ2v) is 4.55. The van der Waals surface area contributed by atoms with Gasteiger partial charge in [0.25, 0.3) is 0 Å². The average Bonchev–Trinajstić information content (AvgIpc) is 2.38. The van der Waals surface area contributed by atoms with Gasteiger partial charge in [0.1, 0.15) is 0 Å². The van der Waals surface area contributed by atoms with Crippen LogP contribution in [0.15, 0.2) is 0 Å². The molecule has 0 heterocycles. The fraction of sp³-hybridized carbons (Fsp3) is 1.00. The van der Waals surface area contributed by atoms with Crippen molar-refractivity contribution in [2.24, 2.45) is 11.3 Å². The Bertz CT molecular complexity index is 166. The predicted molar refractivity (Wildman–Crippen MR) is 40.7 cm³/mol. The molecular weight excluding hydrogens is 221 g/mol. The summed E-state index contributed by atoms with van der Waals surface area (Å²) < 4.78 is 36.4. The topological polar surface area (TPSA) is 0 Å². The summed E-state index contributed by atoms with van der Waals surface area (Å²) in [6.45, 7) is 2.92. The highest BCUT2D eigenvalue weighted by atomic mass is 79.9. The van der Waals surface area contributed by atoms with E-state index in [1.54, 1.807) is 6.92 Å². The lowest BCUT2D eigenvalue weighted by molar-refractivity contribution is -0.185. The molecule has 11 heavy (non-hydrogen) atoms. The van der Waals surface area contributed by atoms with Gasteiger partial charge in [0.2, 0.25) is 0 Å². The molecule has 0 bridgehead atoms. The Labute approximate surface area is 72.3 Å². The number of rotatable bonds is 1. The van der Waals surface area contributed by atoms with Gasteiger partial charge in [-0.1, -0.05) is 29.8 Å². The highest BCUT2D eigenvalue weighted by Gasteiger charge is 2.60. The molecule has 3 atom stereocenters. The molecule has 0 amide bonds. The Kier molecular flexibility index (Phi) is 2.02. The van der Waals surface area contributed by atoms with Crippen molar-refractivity contribution in [3.63, 3.8) is 0 Å². The first-order valence-electron chi connectivity index (χ1n) is 3.49. The van der Waals surface area contributed by atoms with Crippen LogP contribution in [0.4, 0.5) is 13.2 Å². The molecule has 4 heteroatoms. The fourth-order valence-electron chi connectivity index (χ4n) is 1.15. The van der Waals surface area contributed by atoms with E-state index in [2.05, 4.69) is 15.9 Å². The largest absolute Gasteiger partial charge is 0.392 e. The minimum atomic E-state index is -4.04. The van der Waals surface area contributed by atoms with Gasteiger partial charge in [-0.15, -0.1) is 0 Å². The van der Waals surface area contributed by atoms with E-state index < -0.39 is 17.5 Å². The quantitative estimate of drug-likeness (QED) is 0.607. The summed E-state index contributed by atoms with van der Waals surface area (Å²) in [4.78, 5) is 0.0478. The van der Waals surface area contributed by atoms with E-state index in [4.69, 9.17) is 0 Å². The van der Waals surface area contributed by atoms with Crippen molar-refractivity contribution in [3.8, 4) is 0 Å². The molecule has 3 unspecified atom stereocenters. The third-order valence-electron chi connectivity index (χ3n) is 2.65. The summed E-state index contributed by atoms with van der Waals surface area (Å²) in [7, 11) is 0. The van der Waals surface area contributed by atoms with Crippen LogP contribution in [-0.4, -0.2) is 11.0 Å². The smallest absolute Gasteiger partial charge is 0.171 e.